The van der Waals surface area contributed by atoms with Crippen LogP contribution < -0.4 is 20.1 Å². The number of aromatic nitrogens is 2. The van der Waals surface area contributed by atoms with Crippen molar-refractivity contribution in [3.63, 3.8) is 0 Å². The highest BCUT2D eigenvalue weighted by Gasteiger charge is 2.13. The van der Waals surface area contributed by atoms with Crippen LogP contribution >= 0.6 is 15.9 Å². The number of hydrogen-bond donors (Lipinski definition) is 2. The van der Waals surface area contributed by atoms with Gasteiger partial charge in [0.15, 0.2) is 11.5 Å². The van der Waals surface area contributed by atoms with Crippen molar-refractivity contribution in [1.29, 1.82) is 0 Å². The van der Waals surface area contributed by atoms with Crippen LogP contribution in [0.15, 0.2) is 29.0 Å². The largest absolute Gasteiger partial charge is 0.454 e. The summed E-state index contributed by atoms with van der Waals surface area (Å²) in [5, 5.41) is 6.25. The minimum Gasteiger partial charge on any atom is -0.454 e. The number of nitrogens with zero attached hydrogens (tertiary/aromatic N) is 2. The summed E-state index contributed by atoms with van der Waals surface area (Å²) in [6, 6.07) is 5.87. The van der Waals surface area contributed by atoms with Gasteiger partial charge in [0.25, 0.3) is 0 Å². The summed E-state index contributed by atoms with van der Waals surface area (Å²) in [6.45, 7) is 0.921. The van der Waals surface area contributed by atoms with Crippen molar-refractivity contribution in [3.8, 4) is 11.5 Å². The number of halogens is 1. The number of benzene rings is 1. The van der Waals surface area contributed by atoms with Crippen molar-refractivity contribution in [2.75, 3.05) is 24.5 Å². The molecule has 1 aliphatic rings. The number of hydrogen-bond acceptors (Lipinski definition) is 6. The zero-order chi connectivity index (χ0) is 13.9. The fraction of sp³-hybridized carbons (Fsp3) is 0.231. The van der Waals surface area contributed by atoms with Gasteiger partial charge in [-0.3, -0.25) is 0 Å². The van der Waals surface area contributed by atoms with E-state index in [1.54, 1.807) is 0 Å². The van der Waals surface area contributed by atoms with E-state index in [9.17, 15) is 0 Å². The lowest BCUT2D eigenvalue weighted by atomic mass is 10.2. The lowest BCUT2D eigenvalue weighted by molar-refractivity contribution is 0.174. The molecular weight excluding hydrogens is 324 g/mol. The van der Waals surface area contributed by atoms with Crippen LogP contribution in [0.2, 0.25) is 0 Å². The summed E-state index contributed by atoms with van der Waals surface area (Å²) in [4.78, 5) is 8.32. The molecule has 0 amide bonds. The van der Waals surface area contributed by atoms with Crippen molar-refractivity contribution in [1.82, 2.24) is 9.97 Å². The molecule has 0 saturated carbocycles. The van der Waals surface area contributed by atoms with Crippen molar-refractivity contribution in [2.45, 2.75) is 6.54 Å². The Balaban J connectivity index is 1.73. The second kappa shape index (κ2) is 5.54. The molecule has 0 bridgehead atoms. The smallest absolute Gasteiger partial charge is 0.231 e. The van der Waals surface area contributed by atoms with Crippen LogP contribution in [0.1, 0.15) is 5.56 Å². The van der Waals surface area contributed by atoms with Gasteiger partial charge in [-0.05, 0) is 33.6 Å². The molecule has 20 heavy (non-hydrogen) atoms. The first kappa shape index (κ1) is 13.0. The van der Waals surface area contributed by atoms with Gasteiger partial charge in [0, 0.05) is 13.6 Å². The molecular formula is C13H13BrN4O2. The number of fused-ring (bicyclic) bond motifs is 1. The molecule has 1 aromatic carbocycles. The minimum absolute atomic E-state index is 0.287. The van der Waals surface area contributed by atoms with E-state index in [4.69, 9.17) is 9.47 Å². The van der Waals surface area contributed by atoms with Crippen LogP contribution in [0, 0.1) is 0 Å². The van der Waals surface area contributed by atoms with Crippen molar-refractivity contribution >= 4 is 27.6 Å². The van der Waals surface area contributed by atoms with E-state index in [2.05, 4.69) is 36.5 Å². The molecule has 0 spiro atoms. The Labute approximate surface area is 124 Å². The SMILES string of the molecule is CNc1ncnc(NCc2ccc3c(c2)OCO3)c1Br. The van der Waals surface area contributed by atoms with Crippen molar-refractivity contribution in [2.24, 2.45) is 0 Å². The molecule has 7 heteroatoms. The zero-order valence-corrected chi connectivity index (χ0v) is 12.4. The Morgan fingerprint density at radius 3 is 2.85 bits per heavy atom. The Hall–Kier alpha value is -2.02. The molecule has 6 nitrogen and oxygen atoms in total. The third-order valence-corrected chi connectivity index (χ3v) is 3.67. The summed E-state index contributed by atoms with van der Waals surface area (Å²) in [7, 11) is 1.81. The molecule has 2 heterocycles. The van der Waals surface area contributed by atoms with Crippen LogP contribution in [0.4, 0.5) is 11.6 Å². The van der Waals surface area contributed by atoms with E-state index in [1.807, 2.05) is 25.2 Å². The average molecular weight is 337 g/mol. The molecule has 2 aromatic rings. The van der Waals surface area contributed by atoms with Crippen LogP contribution in [0.5, 0.6) is 11.5 Å². The highest BCUT2D eigenvalue weighted by Crippen LogP contribution is 2.33. The third kappa shape index (κ3) is 2.49. The van der Waals surface area contributed by atoms with E-state index >= 15 is 0 Å². The lowest BCUT2D eigenvalue weighted by Gasteiger charge is -2.10. The summed E-state index contributed by atoms with van der Waals surface area (Å²) in [5.74, 6) is 3.05. The van der Waals surface area contributed by atoms with E-state index < -0.39 is 0 Å². The molecule has 0 fully saturated rings. The maximum absolute atomic E-state index is 5.36. The van der Waals surface area contributed by atoms with Crippen molar-refractivity contribution < 1.29 is 9.47 Å². The predicted octanol–water partition coefficient (Wildman–Crippen LogP) is 2.62. The van der Waals surface area contributed by atoms with Crippen LogP contribution in [-0.2, 0) is 6.54 Å². The fourth-order valence-corrected chi connectivity index (χ4v) is 2.45. The first-order valence-electron chi connectivity index (χ1n) is 6.08. The van der Waals surface area contributed by atoms with E-state index in [0.717, 1.165) is 33.2 Å². The first-order chi connectivity index (χ1) is 9.78. The van der Waals surface area contributed by atoms with Gasteiger partial charge < -0.3 is 20.1 Å². The molecule has 1 aromatic heterocycles. The molecule has 0 saturated heterocycles. The normalized spacial score (nSPS) is 12.3. The highest BCUT2D eigenvalue weighted by atomic mass is 79.9. The van der Waals surface area contributed by atoms with Gasteiger partial charge in [-0.1, -0.05) is 6.07 Å². The predicted molar refractivity (Wildman–Crippen MR) is 79.2 cm³/mol. The molecule has 104 valence electrons. The van der Waals surface area contributed by atoms with E-state index in [1.165, 1.54) is 6.33 Å². The molecule has 2 N–H and O–H groups in total. The van der Waals surface area contributed by atoms with Gasteiger partial charge in [-0.25, -0.2) is 9.97 Å². The molecule has 0 radical (unpaired) electrons. The molecule has 0 aliphatic carbocycles. The Kier molecular flexibility index (Phi) is 3.60. The molecule has 0 atom stereocenters. The number of rotatable bonds is 4. The topological polar surface area (TPSA) is 68.3 Å². The lowest BCUT2D eigenvalue weighted by Crippen LogP contribution is -2.04. The zero-order valence-electron chi connectivity index (χ0n) is 10.8. The van der Waals surface area contributed by atoms with Gasteiger partial charge in [-0.2, -0.15) is 0 Å². The quantitative estimate of drug-likeness (QED) is 0.894. The standard InChI is InChI=1S/C13H13BrN4O2/c1-15-12-11(14)13(18-6-17-12)16-5-8-2-3-9-10(4-8)20-7-19-9/h2-4,6H,5,7H2,1H3,(H2,15,16,17,18). The first-order valence-corrected chi connectivity index (χ1v) is 6.88. The minimum atomic E-state index is 0.287. The summed E-state index contributed by atoms with van der Waals surface area (Å²) in [5.41, 5.74) is 1.09. The number of ether oxygens (including phenoxy) is 2. The molecule has 1 aliphatic heterocycles. The van der Waals surface area contributed by atoms with E-state index in [-0.39, 0.29) is 6.79 Å². The Bertz CT molecular complexity index is 636. The van der Waals surface area contributed by atoms with Crippen molar-refractivity contribution in [3.05, 3.63) is 34.6 Å². The molecule has 3 rings (SSSR count). The van der Waals surface area contributed by atoms with E-state index in [0.29, 0.717) is 6.54 Å². The van der Waals surface area contributed by atoms with Crippen LogP contribution in [-0.4, -0.2) is 23.8 Å². The van der Waals surface area contributed by atoms with Crippen LogP contribution in [0.25, 0.3) is 0 Å². The van der Waals surface area contributed by atoms with Gasteiger partial charge in [0.2, 0.25) is 6.79 Å². The monoisotopic (exact) mass is 336 g/mol. The highest BCUT2D eigenvalue weighted by molar-refractivity contribution is 9.10. The van der Waals surface area contributed by atoms with Crippen LogP contribution in [0.3, 0.4) is 0 Å². The van der Waals surface area contributed by atoms with Gasteiger partial charge in [0.05, 0.1) is 0 Å². The summed E-state index contributed by atoms with van der Waals surface area (Å²) >= 11 is 3.47. The maximum Gasteiger partial charge on any atom is 0.231 e. The number of anilines is 2. The number of nitrogens with one attached hydrogen (secondary N) is 2. The van der Waals surface area contributed by atoms with Gasteiger partial charge >= 0.3 is 0 Å². The second-order valence-electron chi connectivity index (χ2n) is 4.18. The molecule has 0 unspecified atom stereocenters. The van der Waals surface area contributed by atoms with Gasteiger partial charge in [0.1, 0.15) is 22.4 Å². The third-order valence-electron chi connectivity index (χ3n) is 2.92. The Morgan fingerprint density at radius 2 is 2.00 bits per heavy atom. The van der Waals surface area contributed by atoms with Gasteiger partial charge in [-0.15, -0.1) is 0 Å². The summed E-state index contributed by atoms with van der Waals surface area (Å²) < 4.78 is 11.5. The second-order valence-corrected chi connectivity index (χ2v) is 4.97. The summed E-state index contributed by atoms with van der Waals surface area (Å²) in [6.07, 6.45) is 1.51. The average Bonchev–Trinajstić information content (AvgIpc) is 2.93. The Morgan fingerprint density at radius 1 is 1.20 bits per heavy atom. The fourth-order valence-electron chi connectivity index (χ4n) is 1.90. The maximum atomic E-state index is 5.36.